The molecule has 0 fully saturated rings. The number of aliphatic hydroxyl groups excluding tert-OH is 1. The van der Waals surface area contributed by atoms with Gasteiger partial charge in [0.15, 0.2) is 0 Å². The summed E-state index contributed by atoms with van der Waals surface area (Å²) in [5.74, 6) is 0. The maximum absolute atomic E-state index is 8.61. The molecule has 0 unspecified atom stereocenters. The highest BCUT2D eigenvalue weighted by Gasteiger charge is 1.92. The average molecular weight is 295 g/mol. The highest BCUT2D eigenvalue weighted by Crippen LogP contribution is 2.11. The van der Waals surface area contributed by atoms with Crippen molar-refractivity contribution in [3.05, 3.63) is 0 Å². The summed E-state index contributed by atoms with van der Waals surface area (Å²) < 4.78 is 0. The highest BCUT2D eigenvalue weighted by molar-refractivity contribution is 8.93. The molecule has 0 aliphatic rings. The predicted octanol–water partition coefficient (Wildman–Crippen LogP) is 5.26. The van der Waals surface area contributed by atoms with Gasteiger partial charge in [0, 0.05) is 6.61 Å². The monoisotopic (exact) mass is 294 g/mol. The van der Waals surface area contributed by atoms with Gasteiger partial charge in [-0.15, -0.1) is 17.0 Å². The lowest BCUT2D eigenvalue weighted by Crippen LogP contribution is -1.84. The number of unbranched alkanes of at least 4 members (excludes halogenated alkanes) is 11. The minimum absolute atomic E-state index is 0. The van der Waals surface area contributed by atoms with Crippen molar-refractivity contribution in [2.75, 3.05) is 6.61 Å². The molecule has 1 N–H and O–H groups in total. The lowest BCUT2D eigenvalue weighted by Gasteiger charge is -2.01. The Balaban J connectivity index is 0. The third-order valence-corrected chi connectivity index (χ3v) is 3.01. The number of hydrogen-bond donors (Lipinski definition) is 1. The molecule has 0 aromatic heterocycles. The quantitative estimate of drug-likeness (QED) is 0.487. The van der Waals surface area contributed by atoms with Crippen molar-refractivity contribution < 1.29 is 5.11 Å². The molecular formula is C14H31BrO. The van der Waals surface area contributed by atoms with E-state index in [1.54, 1.807) is 0 Å². The van der Waals surface area contributed by atoms with Crippen molar-refractivity contribution in [3.63, 3.8) is 0 Å². The normalized spacial score (nSPS) is 10.1. The van der Waals surface area contributed by atoms with Crippen molar-refractivity contribution in [2.24, 2.45) is 0 Å². The van der Waals surface area contributed by atoms with Gasteiger partial charge in [-0.1, -0.05) is 77.6 Å². The maximum Gasteiger partial charge on any atom is 0.0431 e. The molecule has 100 valence electrons. The molecule has 0 saturated heterocycles. The second-order valence-corrected chi connectivity index (χ2v) is 4.61. The van der Waals surface area contributed by atoms with Gasteiger partial charge in [0.05, 0.1) is 0 Å². The lowest BCUT2D eigenvalue weighted by molar-refractivity contribution is 0.282. The van der Waals surface area contributed by atoms with E-state index in [1.807, 2.05) is 0 Å². The topological polar surface area (TPSA) is 20.2 Å². The maximum atomic E-state index is 8.61. The summed E-state index contributed by atoms with van der Waals surface area (Å²) in [5, 5.41) is 8.61. The van der Waals surface area contributed by atoms with Crippen LogP contribution in [0.2, 0.25) is 0 Å². The van der Waals surface area contributed by atoms with Gasteiger partial charge < -0.3 is 5.11 Å². The summed E-state index contributed by atoms with van der Waals surface area (Å²) in [6.45, 7) is 2.64. The molecule has 0 heterocycles. The number of hydrogen-bond acceptors (Lipinski definition) is 1. The Kier molecular flexibility index (Phi) is 20.9. The molecule has 0 aliphatic carbocycles. The van der Waals surface area contributed by atoms with E-state index in [0.29, 0.717) is 6.61 Å². The van der Waals surface area contributed by atoms with Crippen LogP contribution in [0.4, 0.5) is 0 Å². The number of rotatable bonds is 12. The first-order valence-corrected chi connectivity index (χ1v) is 7.02. The van der Waals surface area contributed by atoms with Gasteiger partial charge in [-0.25, -0.2) is 0 Å². The molecule has 0 atom stereocenters. The SMILES string of the molecule is Br.CCCCCCCCCCCCCCO. The summed E-state index contributed by atoms with van der Waals surface area (Å²) >= 11 is 0. The Morgan fingerprint density at radius 3 is 1.19 bits per heavy atom. The smallest absolute Gasteiger partial charge is 0.0431 e. The van der Waals surface area contributed by atoms with Crippen LogP contribution in [0.3, 0.4) is 0 Å². The van der Waals surface area contributed by atoms with Crippen molar-refractivity contribution in [3.8, 4) is 0 Å². The van der Waals surface area contributed by atoms with Crippen LogP contribution >= 0.6 is 17.0 Å². The molecule has 1 nitrogen and oxygen atoms in total. The third kappa shape index (κ3) is 16.9. The van der Waals surface area contributed by atoms with E-state index in [4.69, 9.17) is 5.11 Å². The van der Waals surface area contributed by atoms with Gasteiger partial charge in [0.25, 0.3) is 0 Å². The van der Waals surface area contributed by atoms with Crippen LogP contribution in [0.1, 0.15) is 84.0 Å². The molecule has 16 heavy (non-hydrogen) atoms. The van der Waals surface area contributed by atoms with Crippen LogP contribution in [-0.2, 0) is 0 Å². The molecule has 0 aromatic rings. The van der Waals surface area contributed by atoms with Crippen molar-refractivity contribution >= 4 is 17.0 Å². The standard InChI is InChI=1S/C14H30O.BrH/c1-2-3-4-5-6-7-8-9-10-11-12-13-14-15;/h15H,2-14H2,1H3;1H. The first-order chi connectivity index (χ1) is 7.41. The molecule has 0 bridgehead atoms. The van der Waals surface area contributed by atoms with Crippen molar-refractivity contribution in [2.45, 2.75) is 84.0 Å². The zero-order chi connectivity index (χ0) is 11.2. The minimum atomic E-state index is 0. The molecule has 0 amide bonds. The van der Waals surface area contributed by atoms with Crippen LogP contribution in [0.5, 0.6) is 0 Å². The average Bonchev–Trinajstić information content (AvgIpc) is 2.26. The van der Waals surface area contributed by atoms with Crippen molar-refractivity contribution in [1.82, 2.24) is 0 Å². The van der Waals surface area contributed by atoms with Crippen LogP contribution in [0.15, 0.2) is 0 Å². The van der Waals surface area contributed by atoms with Crippen LogP contribution in [0, 0.1) is 0 Å². The summed E-state index contributed by atoms with van der Waals surface area (Å²) in [6.07, 6.45) is 16.2. The number of halogens is 1. The fourth-order valence-corrected chi connectivity index (χ4v) is 1.95. The van der Waals surface area contributed by atoms with E-state index in [-0.39, 0.29) is 17.0 Å². The van der Waals surface area contributed by atoms with Gasteiger partial charge in [-0.05, 0) is 6.42 Å². The van der Waals surface area contributed by atoms with Gasteiger partial charge in [-0.3, -0.25) is 0 Å². The zero-order valence-corrected chi connectivity index (χ0v) is 12.8. The molecule has 0 aromatic carbocycles. The summed E-state index contributed by atoms with van der Waals surface area (Å²) in [6, 6.07) is 0. The first-order valence-electron chi connectivity index (χ1n) is 7.02. The van der Waals surface area contributed by atoms with E-state index in [1.165, 1.54) is 70.6 Å². The van der Waals surface area contributed by atoms with Gasteiger partial charge in [0.2, 0.25) is 0 Å². The van der Waals surface area contributed by atoms with Crippen molar-refractivity contribution in [1.29, 1.82) is 0 Å². The van der Waals surface area contributed by atoms with Crippen LogP contribution < -0.4 is 0 Å². The first kappa shape index (κ1) is 18.8. The van der Waals surface area contributed by atoms with E-state index in [0.717, 1.165) is 6.42 Å². The van der Waals surface area contributed by atoms with E-state index in [2.05, 4.69) is 6.92 Å². The fraction of sp³-hybridized carbons (Fsp3) is 1.00. The number of aliphatic hydroxyl groups is 1. The molecule has 0 rings (SSSR count). The Labute approximate surface area is 113 Å². The van der Waals surface area contributed by atoms with E-state index in [9.17, 15) is 0 Å². The Morgan fingerprint density at radius 1 is 0.562 bits per heavy atom. The third-order valence-electron chi connectivity index (χ3n) is 3.01. The highest BCUT2D eigenvalue weighted by atomic mass is 79.9. The van der Waals surface area contributed by atoms with Gasteiger partial charge in [-0.2, -0.15) is 0 Å². The van der Waals surface area contributed by atoms with Gasteiger partial charge in [0.1, 0.15) is 0 Å². The molecule has 2 heteroatoms. The van der Waals surface area contributed by atoms with Crippen LogP contribution in [0.25, 0.3) is 0 Å². The van der Waals surface area contributed by atoms with Crippen LogP contribution in [-0.4, -0.2) is 11.7 Å². The second-order valence-electron chi connectivity index (χ2n) is 4.61. The Hall–Kier alpha value is 0.440. The fourth-order valence-electron chi connectivity index (χ4n) is 1.95. The lowest BCUT2D eigenvalue weighted by atomic mass is 10.1. The predicted molar refractivity (Wildman–Crippen MR) is 78.5 cm³/mol. The van der Waals surface area contributed by atoms with Gasteiger partial charge >= 0.3 is 0 Å². The molecule has 0 aliphatic heterocycles. The van der Waals surface area contributed by atoms with E-state index >= 15 is 0 Å². The molecule has 0 saturated carbocycles. The second kappa shape index (κ2) is 17.8. The molecule has 0 radical (unpaired) electrons. The summed E-state index contributed by atoms with van der Waals surface area (Å²) in [4.78, 5) is 0. The minimum Gasteiger partial charge on any atom is -0.396 e. The van der Waals surface area contributed by atoms with E-state index < -0.39 is 0 Å². The summed E-state index contributed by atoms with van der Waals surface area (Å²) in [7, 11) is 0. The molecular weight excluding hydrogens is 264 g/mol. The molecule has 0 spiro atoms. The summed E-state index contributed by atoms with van der Waals surface area (Å²) in [5.41, 5.74) is 0. The Morgan fingerprint density at radius 2 is 0.875 bits per heavy atom. The zero-order valence-electron chi connectivity index (χ0n) is 11.0. The largest absolute Gasteiger partial charge is 0.396 e. The Bertz CT molecular complexity index is 94.9.